The summed E-state index contributed by atoms with van der Waals surface area (Å²) in [6.07, 6.45) is -2.05. The molecule has 8 heteroatoms. The van der Waals surface area contributed by atoms with E-state index in [4.69, 9.17) is 9.47 Å². The Labute approximate surface area is 152 Å². The summed E-state index contributed by atoms with van der Waals surface area (Å²) in [4.78, 5) is 35.8. The normalized spacial score (nSPS) is 13.3. The molecule has 2 amide bonds. The van der Waals surface area contributed by atoms with Crippen LogP contribution in [-0.2, 0) is 19.1 Å². The van der Waals surface area contributed by atoms with Crippen molar-refractivity contribution in [2.45, 2.75) is 45.4 Å². The summed E-state index contributed by atoms with van der Waals surface area (Å²) in [5.41, 5.74) is -0.247. The number of esters is 1. The lowest BCUT2D eigenvalue weighted by Gasteiger charge is -2.23. The summed E-state index contributed by atoms with van der Waals surface area (Å²) in [5.74, 6) is -1.43. The van der Waals surface area contributed by atoms with Gasteiger partial charge in [-0.15, -0.1) is 0 Å². The summed E-state index contributed by atoms with van der Waals surface area (Å²) >= 11 is 0. The Kier molecular flexibility index (Phi) is 8.05. The average molecular weight is 366 g/mol. The number of ether oxygens (including phenoxy) is 2. The van der Waals surface area contributed by atoms with Gasteiger partial charge in [-0.05, 0) is 33.3 Å². The summed E-state index contributed by atoms with van der Waals surface area (Å²) in [6, 6.07) is 7.12. The van der Waals surface area contributed by atoms with Crippen molar-refractivity contribution in [3.05, 3.63) is 35.9 Å². The molecular weight excluding hydrogens is 340 g/mol. The number of aliphatic hydroxyl groups excluding tert-OH is 1. The first-order valence-corrected chi connectivity index (χ1v) is 8.30. The second-order valence-corrected chi connectivity index (χ2v) is 6.51. The van der Waals surface area contributed by atoms with Crippen LogP contribution in [0.15, 0.2) is 30.3 Å². The van der Waals surface area contributed by atoms with Crippen LogP contribution in [-0.4, -0.2) is 47.9 Å². The minimum absolute atomic E-state index is 0.100. The Morgan fingerprint density at radius 3 is 2.31 bits per heavy atom. The minimum Gasteiger partial charge on any atom is -0.464 e. The van der Waals surface area contributed by atoms with Crippen LogP contribution in [0.5, 0.6) is 0 Å². The van der Waals surface area contributed by atoms with Crippen molar-refractivity contribution in [1.29, 1.82) is 0 Å². The molecule has 2 atom stereocenters. The first-order valence-electron chi connectivity index (χ1n) is 8.30. The number of carbonyl (C=O) groups excluding carboxylic acids is 3. The smallest absolute Gasteiger partial charge is 0.408 e. The van der Waals surface area contributed by atoms with E-state index >= 15 is 0 Å². The first kappa shape index (κ1) is 21.4. The van der Waals surface area contributed by atoms with E-state index in [1.807, 2.05) is 0 Å². The summed E-state index contributed by atoms with van der Waals surface area (Å²) in [5, 5.41) is 15.1. The molecule has 1 aromatic carbocycles. The highest BCUT2D eigenvalue weighted by molar-refractivity contribution is 5.87. The van der Waals surface area contributed by atoms with Gasteiger partial charge in [0.15, 0.2) is 6.04 Å². The van der Waals surface area contributed by atoms with Gasteiger partial charge in [0.05, 0.1) is 6.61 Å². The van der Waals surface area contributed by atoms with Crippen LogP contribution in [0.1, 0.15) is 39.4 Å². The highest BCUT2D eigenvalue weighted by atomic mass is 16.6. The Morgan fingerprint density at radius 2 is 1.77 bits per heavy atom. The molecule has 3 N–H and O–H groups in total. The van der Waals surface area contributed by atoms with Gasteiger partial charge in [0, 0.05) is 0 Å². The molecule has 0 radical (unpaired) electrons. The van der Waals surface area contributed by atoms with Gasteiger partial charge < -0.3 is 25.2 Å². The highest BCUT2D eigenvalue weighted by Crippen LogP contribution is 2.17. The minimum atomic E-state index is -1.30. The largest absolute Gasteiger partial charge is 0.464 e. The van der Waals surface area contributed by atoms with E-state index < -0.39 is 42.3 Å². The van der Waals surface area contributed by atoms with E-state index in [0.29, 0.717) is 5.56 Å². The van der Waals surface area contributed by atoms with Crippen molar-refractivity contribution >= 4 is 18.0 Å². The Balaban J connectivity index is 2.72. The second-order valence-electron chi connectivity index (χ2n) is 6.51. The van der Waals surface area contributed by atoms with Crippen LogP contribution in [0.2, 0.25) is 0 Å². The Hall–Kier alpha value is -2.61. The van der Waals surface area contributed by atoms with Crippen molar-refractivity contribution in [3.8, 4) is 0 Å². The van der Waals surface area contributed by atoms with E-state index in [2.05, 4.69) is 10.6 Å². The lowest BCUT2D eigenvalue weighted by molar-refractivity contribution is -0.150. The van der Waals surface area contributed by atoms with Crippen LogP contribution in [0.3, 0.4) is 0 Å². The van der Waals surface area contributed by atoms with Crippen LogP contribution < -0.4 is 10.6 Å². The zero-order valence-electron chi connectivity index (χ0n) is 15.4. The van der Waals surface area contributed by atoms with E-state index in [1.54, 1.807) is 58.0 Å². The third kappa shape index (κ3) is 7.52. The number of alkyl carbamates (subject to hydrolysis) is 1. The molecule has 8 nitrogen and oxygen atoms in total. The summed E-state index contributed by atoms with van der Waals surface area (Å²) in [7, 11) is 0. The van der Waals surface area contributed by atoms with E-state index in [0.717, 1.165) is 0 Å². The first-order chi connectivity index (χ1) is 12.1. The molecule has 26 heavy (non-hydrogen) atoms. The lowest BCUT2D eigenvalue weighted by Crippen LogP contribution is -2.49. The molecule has 144 valence electrons. The molecule has 0 saturated carbocycles. The number of carbonyl (C=O) groups is 3. The lowest BCUT2D eigenvalue weighted by atomic mass is 10.0. The number of hydrogen-bond donors (Lipinski definition) is 3. The zero-order chi connectivity index (χ0) is 19.7. The van der Waals surface area contributed by atoms with Gasteiger partial charge in [0.25, 0.3) is 0 Å². The van der Waals surface area contributed by atoms with Gasteiger partial charge in [0.2, 0.25) is 5.91 Å². The average Bonchev–Trinajstić information content (AvgIpc) is 2.56. The molecule has 0 saturated heterocycles. The number of aliphatic hydroxyl groups is 1. The molecular formula is C18H26N2O6. The Bertz CT molecular complexity index is 612. The number of nitrogens with one attached hydrogen (secondary N) is 2. The van der Waals surface area contributed by atoms with Gasteiger partial charge >= 0.3 is 12.1 Å². The summed E-state index contributed by atoms with van der Waals surface area (Å²) < 4.78 is 9.94. The summed E-state index contributed by atoms with van der Waals surface area (Å²) in [6.45, 7) is 6.39. The Morgan fingerprint density at radius 1 is 1.15 bits per heavy atom. The van der Waals surface area contributed by atoms with Crippen molar-refractivity contribution < 1.29 is 29.0 Å². The number of amides is 2. The van der Waals surface area contributed by atoms with E-state index in [-0.39, 0.29) is 6.61 Å². The molecule has 0 aliphatic heterocycles. The molecule has 0 heterocycles. The SMILES string of the molecule is CCOC(=O)C(NC(=O)CNC(=O)OC(C)(C)C)C(O)c1ccccc1. The predicted molar refractivity (Wildman–Crippen MR) is 94.2 cm³/mol. The molecule has 0 aromatic heterocycles. The fourth-order valence-electron chi connectivity index (χ4n) is 2.03. The van der Waals surface area contributed by atoms with Crippen molar-refractivity contribution in [3.63, 3.8) is 0 Å². The molecule has 0 bridgehead atoms. The molecule has 0 aliphatic rings. The van der Waals surface area contributed by atoms with Crippen LogP contribution in [0, 0.1) is 0 Å². The van der Waals surface area contributed by atoms with Crippen LogP contribution in [0.25, 0.3) is 0 Å². The van der Waals surface area contributed by atoms with Crippen LogP contribution in [0.4, 0.5) is 4.79 Å². The molecule has 2 unspecified atom stereocenters. The van der Waals surface area contributed by atoms with E-state index in [9.17, 15) is 19.5 Å². The molecule has 0 aliphatic carbocycles. The standard InChI is InChI=1S/C18H26N2O6/c1-5-25-16(23)14(15(22)12-9-7-6-8-10-12)20-13(21)11-19-17(24)26-18(2,3)4/h6-10,14-15,22H,5,11H2,1-4H3,(H,19,24)(H,20,21). The van der Waals surface area contributed by atoms with Crippen molar-refractivity contribution in [2.75, 3.05) is 13.2 Å². The van der Waals surface area contributed by atoms with Crippen molar-refractivity contribution in [1.82, 2.24) is 10.6 Å². The second kappa shape index (κ2) is 9.76. The number of benzene rings is 1. The zero-order valence-corrected chi connectivity index (χ0v) is 15.4. The number of rotatable bonds is 7. The quantitative estimate of drug-likeness (QED) is 0.627. The molecule has 0 spiro atoms. The van der Waals surface area contributed by atoms with Gasteiger partial charge in [0.1, 0.15) is 18.2 Å². The van der Waals surface area contributed by atoms with Gasteiger partial charge in [-0.3, -0.25) is 4.79 Å². The van der Waals surface area contributed by atoms with Crippen LogP contribution >= 0.6 is 0 Å². The topological polar surface area (TPSA) is 114 Å². The third-order valence-corrected chi connectivity index (χ3v) is 3.11. The molecule has 1 aromatic rings. The maximum atomic E-state index is 12.1. The van der Waals surface area contributed by atoms with Gasteiger partial charge in [-0.2, -0.15) is 0 Å². The fourth-order valence-corrected chi connectivity index (χ4v) is 2.03. The van der Waals surface area contributed by atoms with Crippen molar-refractivity contribution in [2.24, 2.45) is 0 Å². The third-order valence-electron chi connectivity index (χ3n) is 3.11. The van der Waals surface area contributed by atoms with Gasteiger partial charge in [-0.1, -0.05) is 30.3 Å². The maximum Gasteiger partial charge on any atom is 0.408 e. The fraction of sp³-hybridized carbons (Fsp3) is 0.500. The predicted octanol–water partition coefficient (Wildman–Crippen LogP) is 1.29. The van der Waals surface area contributed by atoms with Gasteiger partial charge in [-0.25, -0.2) is 9.59 Å². The maximum absolute atomic E-state index is 12.1. The monoisotopic (exact) mass is 366 g/mol. The molecule has 0 fully saturated rings. The highest BCUT2D eigenvalue weighted by Gasteiger charge is 2.31. The molecule has 1 rings (SSSR count). The van der Waals surface area contributed by atoms with E-state index in [1.165, 1.54) is 0 Å². The number of hydrogen-bond acceptors (Lipinski definition) is 6.